The van der Waals surface area contributed by atoms with Gasteiger partial charge in [0.1, 0.15) is 5.69 Å². The minimum atomic E-state index is 0.555. The Kier molecular flexibility index (Phi) is 3.68. The fraction of sp³-hybridized carbons (Fsp3) is 0.200. The van der Waals surface area contributed by atoms with Gasteiger partial charge in [-0.2, -0.15) is 0 Å². The molecule has 0 aliphatic rings. The monoisotopic (exact) mass is 174 g/mol. The number of hydrogen-bond acceptors (Lipinski definition) is 3. The van der Waals surface area contributed by atoms with Crippen molar-refractivity contribution in [2.45, 2.75) is 6.42 Å². The van der Waals surface area contributed by atoms with Gasteiger partial charge in [0.2, 0.25) is 0 Å². The molecule has 1 heterocycles. The summed E-state index contributed by atoms with van der Waals surface area (Å²) in [5.74, 6) is 5.70. The molecule has 66 valence electrons. The number of pyridine rings is 1. The van der Waals surface area contributed by atoms with E-state index in [4.69, 9.17) is 5.73 Å². The minimum absolute atomic E-state index is 0.555. The standard InChI is InChI=1S/C10H10N2O/c11-6-2-1-3-10-5-4-9(8-13)7-12-10/h4-5,7-8H,2,6,11H2. The van der Waals surface area contributed by atoms with E-state index < -0.39 is 0 Å². The van der Waals surface area contributed by atoms with Crippen LogP contribution in [0.2, 0.25) is 0 Å². The molecule has 0 unspecified atom stereocenters. The normalized spacial score (nSPS) is 8.69. The second-order valence-corrected chi connectivity index (χ2v) is 2.44. The summed E-state index contributed by atoms with van der Waals surface area (Å²) in [6.07, 6.45) is 2.92. The van der Waals surface area contributed by atoms with Crippen molar-refractivity contribution >= 4 is 6.29 Å². The van der Waals surface area contributed by atoms with Crippen LogP contribution >= 0.6 is 0 Å². The number of aromatic nitrogens is 1. The summed E-state index contributed by atoms with van der Waals surface area (Å²) in [4.78, 5) is 14.3. The Morgan fingerprint density at radius 1 is 1.54 bits per heavy atom. The van der Waals surface area contributed by atoms with Crippen LogP contribution in [0.1, 0.15) is 22.5 Å². The number of nitrogens with two attached hydrogens (primary N) is 1. The first-order valence-corrected chi connectivity index (χ1v) is 3.97. The van der Waals surface area contributed by atoms with Crippen LogP contribution in [0, 0.1) is 11.8 Å². The Bertz CT molecular complexity index is 332. The van der Waals surface area contributed by atoms with Crippen LogP contribution in [0.5, 0.6) is 0 Å². The molecule has 0 atom stereocenters. The molecule has 1 rings (SSSR count). The van der Waals surface area contributed by atoms with Gasteiger partial charge in [-0.05, 0) is 18.1 Å². The zero-order valence-electron chi connectivity index (χ0n) is 7.16. The third kappa shape index (κ3) is 3.06. The maximum atomic E-state index is 10.3. The number of carbonyl (C=O) groups is 1. The molecule has 13 heavy (non-hydrogen) atoms. The first-order chi connectivity index (χ1) is 6.36. The third-order valence-corrected chi connectivity index (χ3v) is 1.41. The molecule has 0 aliphatic heterocycles. The fourth-order valence-corrected chi connectivity index (χ4v) is 0.774. The number of hydrogen-bond donors (Lipinski definition) is 1. The highest BCUT2D eigenvalue weighted by molar-refractivity contribution is 5.74. The van der Waals surface area contributed by atoms with Crippen molar-refractivity contribution in [3.8, 4) is 11.8 Å². The van der Waals surface area contributed by atoms with Crippen LogP contribution in [0.15, 0.2) is 18.3 Å². The topological polar surface area (TPSA) is 56.0 Å². The van der Waals surface area contributed by atoms with Crippen LogP contribution in [0.4, 0.5) is 0 Å². The van der Waals surface area contributed by atoms with Crippen molar-refractivity contribution < 1.29 is 4.79 Å². The average Bonchev–Trinajstić information content (AvgIpc) is 2.19. The first-order valence-electron chi connectivity index (χ1n) is 3.97. The number of nitrogens with zero attached hydrogens (tertiary/aromatic N) is 1. The lowest BCUT2D eigenvalue weighted by Gasteiger charge is -1.89. The number of rotatable bonds is 2. The maximum absolute atomic E-state index is 10.3. The Morgan fingerprint density at radius 2 is 2.38 bits per heavy atom. The fourth-order valence-electron chi connectivity index (χ4n) is 0.774. The molecule has 0 amide bonds. The van der Waals surface area contributed by atoms with Crippen molar-refractivity contribution in [2.75, 3.05) is 6.54 Å². The molecule has 2 N–H and O–H groups in total. The SMILES string of the molecule is NCCC#Cc1ccc(C=O)cn1. The summed E-state index contributed by atoms with van der Waals surface area (Å²) in [5.41, 5.74) is 6.49. The van der Waals surface area contributed by atoms with Gasteiger partial charge in [-0.1, -0.05) is 5.92 Å². The van der Waals surface area contributed by atoms with E-state index >= 15 is 0 Å². The first kappa shape index (κ1) is 9.43. The van der Waals surface area contributed by atoms with E-state index in [0.717, 1.165) is 6.29 Å². The van der Waals surface area contributed by atoms with Gasteiger partial charge in [0.25, 0.3) is 0 Å². The highest BCUT2D eigenvalue weighted by Gasteiger charge is 1.89. The van der Waals surface area contributed by atoms with Crippen LogP contribution < -0.4 is 5.73 Å². The second-order valence-electron chi connectivity index (χ2n) is 2.44. The van der Waals surface area contributed by atoms with E-state index in [1.807, 2.05) is 0 Å². The smallest absolute Gasteiger partial charge is 0.151 e. The predicted molar refractivity (Wildman–Crippen MR) is 50.2 cm³/mol. The Hall–Kier alpha value is -1.66. The molecule has 3 nitrogen and oxygen atoms in total. The molecule has 0 fully saturated rings. The van der Waals surface area contributed by atoms with E-state index in [0.29, 0.717) is 24.2 Å². The van der Waals surface area contributed by atoms with Crippen molar-refractivity contribution in [2.24, 2.45) is 5.73 Å². The van der Waals surface area contributed by atoms with Gasteiger partial charge in [-0.3, -0.25) is 4.79 Å². The summed E-state index contributed by atoms with van der Waals surface area (Å²) in [5, 5.41) is 0. The molecule has 3 heteroatoms. The molecular weight excluding hydrogens is 164 g/mol. The number of carbonyl (C=O) groups excluding carboxylic acids is 1. The van der Waals surface area contributed by atoms with Crippen LogP contribution in [-0.4, -0.2) is 17.8 Å². The van der Waals surface area contributed by atoms with Crippen LogP contribution in [-0.2, 0) is 0 Å². The molecular formula is C10H10N2O. The van der Waals surface area contributed by atoms with Gasteiger partial charge in [-0.15, -0.1) is 0 Å². The highest BCUT2D eigenvalue weighted by atomic mass is 16.1. The van der Waals surface area contributed by atoms with Crippen molar-refractivity contribution in [1.82, 2.24) is 4.98 Å². The van der Waals surface area contributed by atoms with E-state index in [9.17, 15) is 4.79 Å². The zero-order valence-corrected chi connectivity index (χ0v) is 7.16. The molecule has 1 aromatic rings. The summed E-state index contributed by atoms with van der Waals surface area (Å²) < 4.78 is 0. The Morgan fingerprint density at radius 3 is 2.92 bits per heavy atom. The molecule has 0 spiro atoms. The van der Waals surface area contributed by atoms with Crippen molar-refractivity contribution in [3.05, 3.63) is 29.6 Å². The third-order valence-electron chi connectivity index (χ3n) is 1.41. The summed E-state index contributed by atoms with van der Waals surface area (Å²) in [7, 11) is 0. The van der Waals surface area contributed by atoms with E-state index in [1.54, 1.807) is 12.1 Å². The Balaban J connectivity index is 2.71. The Labute approximate surface area is 77.0 Å². The predicted octanol–water partition coefficient (Wildman–Crippen LogP) is 0.594. The summed E-state index contributed by atoms with van der Waals surface area (Å²) >= 11 is 0. The molecule has 0 saturated carbocycles. The summed E-state index contributed by atoms with van der Waals surface area (Å²) in [6.45, 7) is 0.555. The van der Waals surface area contributed by atoms with Gasteiger partial charge in [0, 0.05) is 24.7 Å². The summed E-state index contributed by atoms with van der Waals surface area (Å²) in [6, 6.07) is 3.40. The van der Waals surface area contributed by atoms with Crippen LogP contribution in [0.3, 0.4) is 0 Å². The molecule has 0 aliphatic carbocycles. The lowest BCUT2D eigenvalue weighted by Crippen LogP contribution is -1.95. The van der Waals surface area contributed by atoms with Crippen molar-refractivity contribution in [1.29, 1.82) is 0 Å². The van der Waals surface area contributed by atoms with E-state index in [1.165, 1.54) is 6.20 Å². The highest BCUT2D eigenvalue weighted by Crippen LogP contribution is 1.95. The quantitative estimate of drug-likeness (QED) is 0.527. The van der Waals surface area contributed by atoms with Crippen LogP contribution in [0.25, 0.3) is 0 Å². The lowest BCUT2D eigenvalue weighted by atomic mass is 10.2. The lowest BCUT2D eigenvalue weighted by molar-refractivity contribution is 0.112. The maximum Gasteiger partial charge on any atom is 0.151 e. The molecule has 0 saturated heterocycles. The van der Waals surface area contributed by atoms with Gasteiger partial charge < -0.3 is 5.73 Å². The van der Waals surface area contributed by atoms with E-state index in [-0.39, 0.29) is 0 Å². The van der Waals surface area contributed by atoms with Gasteiger partial charge in [0.15, 0.2) is 6.29 Å². The average molecular weight is 174 g/mol. The minimum Gasteiger partial charge on any atom is -0.330 e. The zero-order chi connectivity index (χ0) is 9.52. The molecule has 0 aromatic carbocycles. The largest absolute Gasteiger partial charge is 0.330 e. The van der Waals surface area contributed by atoms with Crippen molar-refractivity contribution in [3.63, 3.8) is 0 Å². The number of aldehydes is 1. The van der Waals surface area contributed by atoms with Gasteiger partial charge >= 0.3 is 0 Å². The van der Waals surface area contributed by atoms with Gasteiger partial charge in [-0.25, -0.2) is 4.98 Å². The molecule has 1 aromatic heterocycles. The van der Waals surface area contributed by atoms with E-state index in [2.05, 4.69) is 16.8 Å². The van der Waals surface area contributed by atoms with Gasteiger partial charge in [0.05, 0.1) is 0 Å². The molecule has 0 bridgehead atoms. The molecule has 0 radical (unpaired) electrons. The second kappa shape index (κ2) is 5.07.